The van der Waals surface area contributed by atoms with E-state index < -0.39 is 0 Å². The van der Waals surface area contributed by atoms with Crippen LogP contribution in [0.5, 0.6) is 5.75 Å². The van der Waals surface area contributed by atoms with Gasteiger partial charge in [-0.05, 0) is 47.9 Å². The van der Waals surface area contributed by atoms with E-state index >= 15 is 0 Å². The molecule has 3 aromatic carbocycles. The Hall–Kier alpha value is -3.33. The fraction of sp³-hybridized carbons (Fsp3) is 0.160. The Morgan fingerprint density at radius 2 is 1.61 bits per heavy atom. The van der Waals surface area contributed by atoms with Gasteiger partial charge < -0.3 is 9.30 Å². The molecule has 0 N–H and O–H groups in total. The Kier molecular flexibility index (Phi) is 5.53. The first-order valence-electron chi connectivity index (χ1n) is 9.73. The molecule has 0 aliphatic carbocycles. The average molecular weight is 368 g/mol. The van der Waals surface area contributed by atoms with Gasteiger partial charge in [-0.15, -0.1) is 0 Å². The zero-order valence-corrected chi connectivity index (χ0v) is 16.1. The molecule has 0 bridgehead atoms. The molecule has 0 aliphatic rings. The molecule has 0 fully saturated rings. The average Bonchev–Trinajstić information content (AvgIpc) is 3.10. The highest BCUT2D eigenvalue weighted by Gasteiger charge is 2.09. The smallest absolute Gasteiger partial charge is 0.134 e. The number of fused-ring (bicyclic) bond motifs is 1. The van der Waals surface area contributed by atoms with Crippen molar-refractivity contribution in [1.29, 1.82) is 0 Å². The van der Waals surface area contributed by atoms with Crippen LogP contribution in [0, 0.1) is 0 Å². The van der Waals surface area contributed by atoms with Crippen LogP contribution in [0.4, 0.5) is 0 Å². The van der Waals surface area contributed by atoms with Crippen molar-refractivity contribution in [3.8, 4) is 5.75 Å². The summed E-state index contributed by atoms with van der Waals surface area (Å²) in [4.78, 5) is 4.83. The summed E-state index contributed by atoms with van der Waals surface area (Å²) in [6.45, 7) is 3.63. The molecule has 0 radical (unpaired) electrons. The molecule has 0 amide bonds. The van der Waals surface area contributed by atoms with Crippen LogP contribution in [-0.2, 0) is 6.54 Å². The summed E-state index contributed by atoms with van der Waals surface area (Å²) in [5.41, 5.74) is 4.54. The molecule has 0 unspecified atom stereocenters. The number of para-hydroxylation sites is 2. The molecule has 0 aliphatic heterocycles. The number of aromatic nitrogens is 2. The third-order valence-electron chi connectivity index (χ3n) is 4.65. The maximum absolute atomic E-state index is 5.70. The van der Waals surface area contributed by atoms with Gasteiger partial charge in [-0.25, -0.2) is 4.98 Å². The van der Waals surface area contributed by atoms with Gasteiger partial charge in [0, 0.05) is 6.54 Å². The van der Waals surface area contributed by atoms with Crippen LogP contribution in [0.1, 0.15) is 30.3 Å². The summed E-state index contributed by atoms with van der Waals surface area (Å²) in [6.07, 6.45) is 5.22. The molecule has 0 saturated carbocycles. The largest absolute Gasteiger partial charge is 0.494 e. The minimum atomic E-state index is 0.750. The number of imidazole rings is 1. The summed E-state index contributed by atoms with van der Waals surface area (Å²) in [5.74, 6) is 1.88. The third-order valence-corrected chi connectivity index (χ3v) is 4.65. The number of rotatable bonds is 7. The van der Waals surface area contributed by atoms with Gasteiger partial charge in [-0.2, -0.15) is 0 Å². The lowest BCUT2D eigenvalue weighted by Gasteiger charge is -2.09. The first kappa shape index (κ1) is 18.1. The Morgan fingerprint density at radius 3 is 2.39 bits per heavy atom. The van der Waals surface area contributed by atoms with Gasteiger partial charge in [0.25, 0.3) is 0 Å². The monoisotopic (exact) mass is 368 g/mol. The van der Waals surface area contributed by atoms with E-state index in [0.29, 0.717) is 0 Å². The molecule has 140 valence electrons. The lowest BCUT2D eigenvalue weighted by Crippen LogP contribution is -2.02. The summed E-state index contributed by atoms with van der Waals surface area (Å²) < 4.78 is 7.96. The highest BCUT2D eigenvalue weighted by atomic mass is 16.5. The first-order chi connectivity index (χ1) is 13.8. The molecule has 1 heterocycles. The zero-order chi connectivity index (χ0) is 19.2. The van der Waals surface area contributed by atoms with Crippen molar-refractivity contribution in [1.82, 2.24) is 9.55 Å². The van der Waals surface area contributed by atoms with Crippen LogP contribution < -0.4 is 4.74 Å². The Balaban J connectivity index is 1.64. The Labute approximate surface area is 165 Å². The topological polar surface area (TPSA) is 27.1 Å². The van der Waals surface area contributed by atoms with Crippen LogP contribution in [0.25, 0.3) is 23.2 Å². The Morgan fingerprint density at radius 1 is 0.857 bits per heavy atom. The van der Waals surface area contributed by atoms with Crippen molar-refractivity contribution in [2.45, 2.75) is 19.9 Å². The second-order valence-electron chi connectivity index (χ2n) is 6.78. The molecule has 1 aromatic heterocycles. The second-order valence-corrected chi connectivity index (χ2v) is 6.78. The number of nitrogens with zero attached hydrogens (tertiary/aromatic N) is 2. The van der Waals surface area contributed by atoms with E-state index in [-0.39, 0.29) is 0 Å². The van der Waals surface area contributed by atoms with Crippen molar-refractivity contribution in [3.63, 3.8) is 0 Å². The van der Waals surface area contributed by atoms with Crippen molar-refractivity contribution >= 4 is 23.2 Å². The van der Waals surface area contributed by atoms with Crippen LogP contribution in [-0.4, -0.2) is 16.2 Å². The second kappa shape index (κ2) is 8.57. The highest BCUT2D eigenvalue weighted by Crippen LogP contribution is 2.21. The van der Waals surface area contributed by atoms with Gasteiger partial charge in [0.15, 0.2) is 0 Å². The van der Waals surface area contributed by atoms with E-state index in [0.717, 1.165) is 42.2 Å². The molecule has 4 rings (SSSR count). The van der Waals surface area contributed by atoms with Crippen molar-refractivity contribution in [3.05, 3.63) is 95.8 Å². The summed E-state index contributed by atoms with van der Waals surface area (Å²) in [6, 6.07) is 26.9. The summed E-state index contributed by atoms with van der Waals surface area (Å²) >= 11 is 0. The van der Waals surface area contributed by atoms with Crippen molar-refractivity contribution in [2.24, 2.45) is 0 Å². The van der Waals surface area contributed by atoms with Crippen LogP contribution in [0.15, 0.2) is 78.9 Å². The van der Waals surface area contributed by atoms with Gasteiger partial charge >= 0.3 is 0 Å². The van der Waals surface area contributed by atoms with Crippen LogP contribution in [0.2, 0.25) is 0 Å². The van der Waals surface area contributed by atoms with E-state index in [1.165, 1.54) is 11.1 Å². The fourth-order valence-electron chi connectivity index (χ4n) is 3.22. The van der Waals surface area contributed by atoms with Gasteiger partial charge in [0.2, 0.25) is 0 Å². The molecular weight excluding hydrogens is 344 g/mol. The van der Waals surface area contributed by atoms with Gasteiger partial charge in [0.05, 0.1) is 17.6 Å². The molecular formula is C25H24N2O. The van der Waals surface area contributed by atoms with Crippen molar-refractivity contribution in [2.75, 3.05) is 6.61 Å². The van der Waals surface area contributed by atoms with Crippen molar-refractivity contribution < 1.29 is 4.74 Å². The number of hydrogen-bond donors (Lipinski definition) is 0. The summed E-state index contributed by atoms with van der Waals surface area (Å²) in [5, 5.41) is 0. The van der Waals surface area contributed by atoms with E-state index in [9.17, 15) is 0 Å². The van der Waals surface area contributed by atoms with E-state index in [2.05, 4.69) is 66.1 Å². The van der Waals surface area contributed by atoms with E-state index in [1.807, 2.05) is 36.4 Å². The molecule has 4 aromatic rings. The minimum Gasteiger partial charge on any atom is -0.494 e. The van der Waals surface area contributed by atoms with E-state index in [1.54, 1.807) is 0 Å². The fourth-order valence-corrected chi connectivity index (χ4v) is 3.22. The molecule has 3 heteroatoms. The van der Waals surface area contributed by atoms with Gasteiger partial charge in [0.1, 0.15) is 11.6 Å². The SMILES string of the molecule is CCCOc1ccc(Cn2c(C=Cc3ccccc3)nc3ccccc32)cc1. The lowest BCUT2D eigenvalue weighted by atomic mass is 10.2. The standard InChI is InChI=1S/C25H24N2O/c1-2-18-28-22-15-12-21(13-16-22)19-27-24-11-7-6-10-23(24)26-25(27)17-14-20-8-4-3-5-9-20/h3-17H,2,18-19H2,1H3. The quantitative estimate of drug-likeness (QED) is 0.397. The Bertz CT molecular complexity index is 1060. The predicted octanol–water partition coefficient (Wildman–Crippen LogP) is 6.04. The third kappa shape index (κ3) is 4.15. The molecule has 3 nitrogen and oxygen atoms in total. The maximum Gasteiger partial charge on any atom is 0.134 e. The predicted molar refractivity (Wildman–Crippen MR) is 116 cm³/mol. The number of hydrogen-bond acceptors (Lipinski definition) is 2. The van der Waals surface area contributed by atoms with Crippen LogP contribution in [0.3, 0.4) is 0 Å². The first-order valence-corrected chi connectivity index (χ1v) is 9.73. The van der Waals surface area contributed by atoms with Crippen LogP contribution >= 0.6 is 0 Å². The molecule has 28 heavy (non-hydrogen) atoms. The van der Waals surface area contributed by atoms with E-state index in [4.69, 9.17) is 9.72 Å². The number of ether oxygens (including phenoxy) is 1. The van der Waals surface area contributed by atoms with Gasteiger partial charge in [-0.3, -0.25) is 0 Å². The van der Waals surface area contributed by atoms with Gasteiger partial charge in [-0.1, -0.05) is 67.6 Å². The highest BCUT2D eigenvalue weighted by molar-refractivity contribution is 5.80. The molecule has 0 spiro atoms. The number of benzene rings is 3. The summed E-state index contributed by atoms with van der Waals surface area (Å²) in [7, 11) is 0. The molecule has 0 saturated heterocycles. The molecule has 0 atom stereocenters. The zero-order valence-electron chi connectivity index (χ0n) is 16.1. The maximum atomic E-state index is 5.70. The lowest BCUT2D eigenvalue weighted by molar-refractivity contribution is 0.317. The normalized spacial score (nSPS) is 11.3. The minimum absolute atomic E-state index is 0.750.